The summed E-state index contributed by atoms with van der Waals surface area (Å²) in [6, 6.07) is -3.70. The number of thiol groups is 1. The van der Waals surface area contributed by atoms with Gasteiger partial charge >= 0.3 is 5.97 Å². The Labute approximate surface area is 192 Å². The van der Waals surface area contributed by atoms with Crippen molar-refractivity contribution in [2.45, 2.75) is 63.7 Å². The van der Waals surface area contributed by atoms with Gasteiger partial charge in [0.05, 0.1) is 12.4 Å². The highest BCUT2D eigenvalue weighted by molar-refractivity contribution is 7.80. The van der Waals surface area contributed by atoms with E-state index in [4.69, 9.17) is 5.73 Å². The second-order valence-corrected chi connectivity index (χ2v) is 8.71. The maximum absolute atomic E-state index is 13.0. The number of nitrogens with one attached hydrogen (secondary N) is 3. The van der Waals surface area contributed by atoms with Crippen molar-refractivity contribution in [1.82, 2.24) is 25.5 Å². The van der Waals surface area contributed by atoms with Crippen LogP contribution in [0.2, 0.25) is 0 Å². The molecule has 1 fully saturated rings. The Hall–Kier alpha value is -2.60. The molecule has 2 heterocycles. The molecular formula is C20H32N6O5S. The molecule has 0 bridgehead atoms. The average Bonchev–Trinajstić information content (AvgIpc) is 3.43. The van der Waals surface area contributed by atoms with Crippen molar-refractivity contribution in [3.05, 3.63) is 18.2 Å². The number of carboxylic acids is 1. The van der Waals surface area contributed by atoms with Gasteiger partial charge in [0.2, 0.25) is 17.7 Å². The smallest absolute Gasteiger partial charge is 0.326 e. The molecule has 0 aromatic carbocycles. The number of aromatic nitrogens is 2. The first-order valence-corrected chi connectivity index (χ1v) is 11.2. The normalized spacial score (nSPS) is 18.8. The Morgan fingerprint density at radius 3 is 2.59 bits per heavy atom. The number of H-pyrrole nitrogens is 1. The van der Waals surface area contributed by atoms with Gasteiger partial charge in [-0.15, -0.1) is 0 Å². The lowest BCUT2D eigenvalue weighted by Crippen LogP contribution is -2.57. The number of nitrogens with zero attached hydrogens (tertiary/aromatic N) is 2. The molecule has 4 unspecified atom stereocenters. The third-order valence-electron chi connectivity index (χ3n) is 5.29. The number of rotatable bonds is 11. The number of hydrogen-bond acceptors (Lipinski definition) is 7. The monoisotopic (exact) mass is 468 g/mol. The van der Waals surface area contributed by atoms with Gasteiger partial charge in [-0.25, -0.2) is 9.78 Å². The molecule has 0 radical (unpaired) electrons. The molecule has 1 aromatic heterocycles. The van der Waals surface area contributed by atoms with Crippen LogP contribution in [0.5, 0.6) is 0 Å². The number of amides is 3. The molecule has 0 saturated carbocycles. The van der Waals surface area contributed by atoms with E-state index in [1.54, 1.807) is 0 Å². The first kappa shape index (κ1) is 25.7. The fraction of sp³-hybridized carbons (Fsp3) is 0.650. The maximum atomic E-state index is 13.0. The highest BCUT2D eigenvalue weighted by atomic mass is 32.1. The summed E-state index contributed by atoms with van der Waals surface area (Å²) in [4.78, 5) is 58.3. The standard InChI is InChI=1S/C20H32N6O5S/c1-11(2)6-15(20(30)31)25-17(27)14(7-12-8-22-10-23-12)24-18(28)16-4-3-5-26(16)19(29)13(21)9-32/h8,10-11,13-16,32H,3-7,9,21H2,1-2H3,(H,22,23)(H,24,28)(H,25,27)(H,30,31). The predicted octanol–water partition coefficient (Wildman–Crippen LogP) is -0.699. The molecule has 1 saturated heterocycles. The number of carboxylic acid groups (broad SMARTS) is 1. The third-order valence-corrected chi connectivity index (χ3v) is 5.68. The van der Waals surface area contributed by atoms with Crippen molar-refractivity contribution in [2.24, 2.45) is 11.7 Å². The number of imidazole rings is 1. The quantitative estimate of drug-likeness (QED) is 0.233. The van der Waals surface area contributed by atoms with E-state index >= 15 is 0 Å². The van der Waals surface area contributed by atoms with Gasteiger partial charge in [0.15, 0.2) is 0 Å². The summed E-state index contributed by atoms with van der Waals surface area (Å²) in [5, 5.41) is 14.7. The molecule has 2 rings (SSSR count). The second-order valence-electron chi connectivity index (χ2n) is 8.35. The van der Waals surface area contributed by atoms with E-state index in [0.29, 0.717) is 25.1 Å². The molecule has 32 heavy (non-hydrogen) atoms. The van der Waals surface area contributed by atoms with Gasteiger partial charge in [0, 0.05) is 30.6 Å². The highest BCUT2D eigenvalue weighted by Gasteiger charge is 2.37. The van der Waals surface area contributed by atoms with E-state index in [1.807, 2.05) is 13.8 Å². The van der Waals surface area contributed by atoms with Crippen LogP contribution in [0.4, 0.5) is 0 Å². The minimum Gasteiger partial charge on any atom is -0.480 e. The van der Waals surface area contributed by atoms with Gasteiger partial charge in [0.25, 0.3) is 0 Å². The predicted molar refractivity (Wildman–Crippen MR) is 120 cm³/mol. The van der Waals surface area contributed by atoms with Crippen LogP contribution in [0, 0.1) is 5.92 Å². The molecule has 1 aromatic rings. The molecule has 12 heteroatoms. The number of carbonyl (C=O) groups is 4. The number of aromatic amines is 1. The summed E-state index contributed by atoms with van der Waals surface area (Å²) < 4.78 is 0. The largest absolute Gasteiger partial charge is 0.480 e. The number of carbonyl (C=O) groups excluding carboxylic acids is 3. The average molecular weight is 469 g/mol. The summed E-state index contributed by atoms with van der Waals surface area (Å²) >= 11 is 4.05. The zero-order valence-corrected chi connectivity index (χ0v) is 19.2. The van der Waals surface area contributed by atoms with E-state index in [2.05, 4.69) is 33.2 Å². The SMILES string of the molecule is CC(C)CC(NC(=O)C(Cc1cnc[nH]1)NC(=O)C1CCCN1C(=O)C(N)CS)C(=O)O. The van der Waals surface area contributed by atoms with Crippen LogP contribution in [0.25, 0.3) is 0 Å². The first-order valence-electron chi connectivity index (χ1n) is 10.6. The Bertz CT molecular complexity index is 802. The zero-order chi connectivity index (χ0) is 23.8. The number of likely N-dealkylation sites (tertiary alicyclic amines) is 1. The number of nitrogens with two attached hydrogens (primary N) is 1. The van der Waals surface area contributed by atoms with E-state index in [1.165, 1.54) is 17.4 Å². The van der Waals surface area contributed by atoms with Crippen molar-refractivity contribution in [3.63, 3.8) is 0 Å². The van der Waals surface area contributed by atoms with Crippen LogP contribution in [-0.4, -0.2) is 80.1 Å². The van der Waals surface area contributed by atoms with E-state index in [0.717, 1.165) is 0 Å². The Kier molecular flexibility index (Phi) is 9.51. The van der Waals surface area contributed by atoms with Crippen LogP contribution in [0.1, 0.15) is 38.8 Å². The van der Waals surface area contributed by atoms with Crippen LogP contribution >= 0.6 is 12.6 Å². The minimum atomic E-state index is -1.15. The van der Waals surface area contributed by atoms with Crippen molar-refractivity contribution in [1.29, 1.82) is 0 Å². The molecule has 4 atom stereocenters. The van der Waals surface area contributed by atoms with Crippen LogP contribution in [0.15, 0.2) is 12.5 Å². The lowest BCUT2D eigenvalue weighted by Gasteiger charge is -2.28. The van der Waals surface area contributed by atoms with Gasteiger partial charge in [0.1, 0.15) is 18.1 Å². The van der Waals surface area contributed by atoms with Crippen LogP contribution < -0.4 is 16.4 Å². The van der Waals surface area contributed by atoms with E-state index in [9.17, 15) is 24.3 Å². The minimum absolute atomic E-state index is 0.0474. The Morgan fingerprint density at radius 2 is 2.03 bits per heavy atom. The fourth-order valence-corrected chi connectivity index (χ4v) is 3.81. The molecule has 1 aliphatic rings. The summed E-state index contributed by atoms with van der Waals surface area (Å²) in [5.74, 6) is -2.42. The van der Waals surface area contributed by atoms with Crippen molar-refractivity contribution < 1.29 is 24.3 Å². The van der Waals surface area contributed by atoms with E-state index in [-0.39, 0.29) is 30.4 Å². The molecule has 178 valence electrons. The molecule has 3 amide bonds. The first-order chi connectivity index (χ1) is 15.1. The fourth-order valence-electron chi connectivity index (χ4n) is 3.65. The van der Waals surface area contributed by atoms with E-state index < -0.39 is 42.0 Å². The van der Waals surface area contributed by atoms with Crippen LogP contribution in [-0.2, 0) is 25.6 Å². The molecule has 0 spiro atoms. The lowest BCUT2D eigenvalue weighted by atomic mass is 10.0. The van der Waals surface area contributed by atoms with Crippen molar-refractivity contribution >= 4 is 36.3 Å². The summed E-state index contributed by atoms with van der Waals surface area (Å²) in [7, 11) is 0. The Morgan fingerprint density at radius 1 is 1.31 bits per heavy atom. The molecule has 6 N–H and O–H groups in total. The van der Waals surface area contributed by atoms with Gasteiger partial charge in [-0.3, -0.25) is 14.4 Å². The van der Waals surface area contributed by atoms with Gasteiger partial charge in [-0.2, -0.15) is 12.6 Å². The number of aliphatic carboxylic acids is 1. The summed E-state index contributed by atoms with van der Waals surface area (Å²) in [5.41, 5.74) is 6.39. The van der Waals surface area contributed by atoms with Crippen LogP contribution in [0.3, 0.4) is 0 Å². The molecular weight excluding hydrogens is 436 g/mol. The summed E-state index contributed by atoms with van der Waals surface area (Å²) in [6.45, 7) is 4.10. The highest BCUT2D eigenvalue weighted by Crippen LogP contribution is 2.19. The number of hydrogen-bond donors (Lipinski definition) is 6. The van der Waals surface area contributed by atoms with Gasteiger partial charge in [-0.05, 0) is 25.2 Å². The van der Waals surface area contributed by atoms with Gasteiger partial charge < -0.3 is 31.4 Å². The topological polar surface area (TPSA) is 171 Å². The summed E-state index contributed by atoms with van der Waals surface area (Å²) in [6.07, 6.45) is 4.38. The maximum Gasteiger partial charge on any atom is 0.326 e. The lowest BCUT2D eigenvalue weighted by molar-refractivity contribution is -0.143. The van der Waals surface area contributed by atoms with Crippen molar-refractivity contribution in [2.75, 3.05) is 12.3 Å². The van der Waals surface area contributed by atoms with Gasteiger partial charge in [-0.1, -0.05) is 13.8 Å². The Balaban J connectivity index is 2.15. The third kappa shape index (κ3) is 6.95. The molecule has 1 aliphatic heterocycles. The second kappa shape index (κ2) is 11.9. The zero-order valence-electron chi connectivity index (χ0n) is 18.3. The molecule has 11 nitrogen and oxygen atoms in total. The molecule has 0 aliphatic carbocycles. The van der Waals surface area contributed by atoms with Crippen molar-refractivity contribution in [3.8, 4) is 0 Å².